The number of anilines is 3. The van der Waals surface area contributed by atoms with Crippen molar-refractivity contribution in [2.75, 3.05) is 114 Å². The topological polar surface area (TPSA) is 334 Å². The van der Waals surface area contributed by atoms with E-state index in [2.05, 4.69) is 31.9 Å². The van der Waals surface area contributed by atoms with Crippen molar-refractivity contribution in [3.8, 4) is 18.1 Å². The fourth-order valence-corrected chi connectivity index (χ4v) is 8.20. The van der Waals surface area contributed by atoms with Crippen LogP contribution in [0.25, 0.3) is 0 Å². The van der Waals surface area contributed by atoms with Crippen LogP contribution < -0.4 is 39.0 Å². The van der Waals surface area contributed by atoms with Crippen LogP contribution in [0, 0.1) is 18.3 Å². The number of carbonyl (C=O) groups is 4. The number of aromatic nitrogens is 9. The molecule has 3 aromatic heterocycles. The Kier molecular flexibility index (Phi) is 22.9. The quantitative estimate of drug-likeness (QED) is 0.0245. The molecule has 2 fully saturated rings. The fraction of sp³-hybridized carbons (Fsp3) is 0.596. The summed E-state index contributed by atoms with van der Waals surface area (Å²) in [6, 6.07) is 3.82. The Labute approximate surface area is 435 Å². The molecular weight excluding hydrogens is 984 g/mol. The molecule has 0 aliphatic carbocycles. The zero-order valence-corrected chi connectivity index (χ0v) is 42.6. The average molecular weight is 1050 g/mol. The Hall–Kier alpha value is -6.76. The largest absolute Gasteiger partial charge is 1.00 e. The van der Waals surface area contributed by atoms with Crippen LogP contribution in [0.15, 0.2) is 36.7 Å². The van der Waals surface area contributed by atoms with Crippen LogP contribution >= 0.6 is 0 Å². The van der Waals surface area contributed by atoms with Crippen LogP contribution in [0.4, 0.5) is 17.8 Å². The van der Waals surface area contributed by atoms with Gasteiger partial charge in [-0.1, -0.05) is 48.7 Å². The van der Waals surface area contributed by atoms with Gasteiger partial charge in [0.05, 0.1) is 68.9 Å². The van der Waals surface area contributed by atoms with Gasteiger partial charge in [0.1, 0.15) is 24.4 Å². The van der Waals surface area contributed by atoms with E-state index in [1.807, 2.05) is 23.6 Å². The zero-order valence-electron chi connectivity index (χ0n) is 41.8. The number of carboxylic acid groups (broad SMARTS) is 2. The molecule has 5 unspecified atom stereocenters. The van der Waals surface area contributed by atoms with Gasteiger partial charge in [0, 0.05) is 71.7 Å². The molecule has 5 heterocycles. The second-order valence-electron chi connectivity index (χ2n) is 17.8. The van der Waals surface area contributed by atoms with Gasteiger partial charge in [-0.25, -0.2) is 9.36 Å². The van der Waals surface area contributed by atoms with Crippen molar-refractivity contribution in [1.29, 1.82) is 0 Å². The Bertz CT molecular complexity index is 2440. The van der Waals surface area contributed by atoms with E-state index in [-0.39, 0.29) is 100 Å². The van der Waals surface area contributed by atoms with E-state index in [1.54, 1.807) is 46.5 Å². The minimum Gasteiger partial charge on any atom is -1.00 e. The van der Waals surface area contributed by atoms with E-state index in [9.17, 15) is 34.5 Å². The number of carboxylic acids is 2. The monoisotopic (exact) mass is 1050 g/mol. The fourth-order valence-electron chi connectivity index (χ4n) is 8.20. The van der Waals surface area contributed by atoms with Gasteiger partial charge in [0.25, 0.3) is 0 Å². The summed E-state index contributed by atoms with van der Waals surface area (Å²) in [5.41, 5.74) is 14.7. The smallest absolute Gasteiger partial charge is 0.303 e. The number of aromatic hydroxyl groups is 1. The van der Waals surface area contributed by atoms with E-state index in [4.69, 9.17) is 47.1 Å². The summed E-state index contributed by atoms with van der Waals surface area (Å²) in [7, 11) is 0. The van der Waals surface area contributed by atoms with Gasteiger partial charge in [-0.3, -0.25) is 19.2 Å². The number of nitrogens with one attached hydrogen (secondary N) is 1. The number of nitrogens with zero attached hydrogens (tertiary/aromatic N) is 13. The first kappa shape index (κ1) is 58.1. The Morgan fingerprint density at radius 3 is 1.72 bits per heavy atom. The molecule has 404 valence electrons. The van der Waals surface area contributed by atoms with Crippen LogP contribution in [-0.2, 0) is 39.8 Å². The van der Waals surface area contributed by atoms with E-state index in [1.165, 1.54) is 9.36 Å². The van der Waals surface area contributed by atoms with Crippen LogP contribution in [0.1, 0.15) is 87.1 Å². The summed E-state index contributed by atoms with van der Waals surface area (Å²) in [5.74, 6) is 0.961. The molecule has 4 aromatic rings. The molecule has 26 nitrogen and oxygen atoms in total. The summed E-state index contributed by atoms with van der Waals surface area (Å²) < 4.78 is 19.3. The van der Waals surface area contributed by atoms with Gasteiger partial charge in [0.15, 0.2) is 0 Å². The lowest BCUT2D eigenvalue weighted by molar-refractivity contribution is -0.140. The molecule has 74 heavy (non-hydrogen) atoms. The van der Waals surface area contributed by atoms with Crippen molar-refractivity contribution < 1.29 is 61.1 Å². The number of hydrogen-bond donors (Lipinski definition) is 6. The zero-order chi connectivity index (χ0) is 52.3. The molecular formula is C47H68ClN16O10-. The first-order valence-electron chi connectivity index (χ1n) is 24.5. The lowest BCUT2D eigenvalue weighted by Crippen LogP contribution is -3.00. The molecule has 0 bridgehead atoms. The number of carbonyl (C=O) groups excluding carboxylic acids is 2. The van der Waals surface area contributed by atoms with E-state index < -0.39 is 36.1 Å². The summed E-state index contributed by atoms with van der Waals surface area (Å²) in [6.45, 7) is 8.88. The minimum atomic E-state index is -1.06. The molecule has 0 saturated carbocycles. The van der Waals surface area contributed by atoms with Gasteiger partial charge >= 0.3 is 11.9 Å². The number of phenols is 1. The highest BCUT2D eigenvalue weighted by molar-refractivity contribution is 5.82. The molecule has 5 atom stereocenters. The van der Waals surface area contributed by atoms with Crippen molar-refractivity contribution in [3.05, 3.63) is 53.6 Å². The number of benzene rings is 1. The van der Waals surface area contributed by atoms with E-state index in [0.29, 0.717) is 95.5 Å². The van der Waals surface area contributed by atoms with Gasteiger partial charge in [-0.2, -0.15) is 15.0 Å². The molecule has 2 amide bonds. The number of hydrogen-bond acceptors (Lipinski definition) is 20. The molecule has 0 spiro atoms. The van der Waals surface area contributed by atoms with Crippen LogP contribution in [0.5, 0.6) is 5.75 Å². The third-order valence-corrected chi connectivity index (χ3v) is 12.7. The number of rotatable bonds is 29. The molecule has 1 aromatic carbocycles. The van der Waals surface area contributed by atoms with Crippen molar-refractivity contribution in [1.82, 2.24) is 54.7 Å². The van der Waals surface area contributed by atoms with Crippen molar-refractivity contribution in [2.24, 2.45) is 17.4 Å². The lowest BCUT2D eigenvalue weighted by atomic mass is 9.98. The minimum absolute atomic E-state index is 0. The predicted octanol–water partition coefficient (Wildman–Crippen LogP) is -2.34. The van der Waals surface area contributed by atoms with Crippen molar-refractivity contribution in [3.63, 3.8) is 0 Å². The maximum absolute atomic E-state index is 14.2. The maximum atomic E-state index is 14.2. The third kappa shape index (κ3) is 16.9. The number of ether oxygens (including phenoxy) is 3. The number of terminal acetylenes is 1. The van der Waals surface area contributed by atoms with Crippen LogP contribution in [0.2, 0.25) is 0 Å². The predicted molar refractivity (Wildman–Crippen MR) is 264 cm³/mol. The third-order valence-electron chi connectivity index (χ3n) is 12.7. The van der Waals surface area contributed by atoms with Gasteiger partial charge in [0.2, 0.25) is 29.7 Å². The van der Waals surface area contributed by atoms with Crippen molar-refractivity contribution >= 4 is 41.6 Å². The molecule has 27 heteroatoms. The second kappa shape index (κ2) is 29.2. The molecule has 8 N–H and O–H groups in total. The first-order valence-corrected chi connectivity index (χ1v) is 24.5. The Morgan fingerprint density at radius 2 is 1.22 bits per heavy atom. The standard InChI is InChI=1S/C47H68N16O10.ClH/c1-4-23-71-25-27-73-28-26-72-24-14-50-45-51-46(53-47(52-45)61-21-17-59(18-22-61)44(70)39(11-13-41(67)68)63-31-37(55-57-63)42(49)32(3)5-2)60-19-15-58(16-20-60)43(69)38(10-12-40(65)66)62-30-36(54-56-62)35(48)29-33-6-8-34(64)9-7-33;/h1,6-9,30-32,35,38-39,42,64H,5,10-29,48-49H2,2-3H3,(H,65,66)(H,67,68)(H,50,51,52,53);1H/p-1. The average Bonchev–Trinajstić information content (AvgIpc) is 4.10. The molecule has 0 radical (unpaired) electrons. The highest BCUT2D eigenvalue weighted by Gasteiger charge is 2.34. The SMILES string of the molecule is C#CCOCCOCCOCCNc1nc(N2CCN(C(=O)C(CCC(=O)O)n3cc(C(N)Cc4ccc(O)cc4)nn3)CC2)nc(N2CCN(C(=O)C(CCC(=O)O)n3cc(C(N)C(C)CC)nn3)CC2)n1.[Cl-]. The summed E-state index contributed by atoms with van der Waals surface area (Å²) >= 11 is 0. The summed E-state index contributed by atoms with van der Waals surface area (Å²) in [5, 5.41) is 48.9. The number of amides is 2. The molecule has 2 aliphatic heterocycles. The van der Waals surface area contributed by atoms with Gasteiger partial charge in [-0.05, 0) is 42.9 Å². The molecule has 2 saturated heterocycles. The first-order chi connectivity index (χ1) is 35.2. The summed E-state index contributed by atoms with van der Waals surface area (Å²) in [6.07, 6.45) is 9.09. The molecule has 6 rings (SSSR count). The van der Waals surface area contributed by atoms with E-state index >= 15 is 0 Å². The highest BCUT2D eigenvalue weighted by atomic mass is 35.5. The van der Waals surface area contributed by atoms with Crippen LogP contribution in [-0.4, -0.2) is 192 Å². The van der Waals surface area contributed by atoms with Gasteiger partial charge < -0.3 is 78.3 Å². The number of aliphatic carboxylic acids is 2. The lowest BCUT2D eigenvalue weighted by Gasteiger charge is -2.38. The Morgan fingerprint density at radius 1 is 0.730 bits per heavy atom. The molecule has 2 aliphatic rings. The maximum Gasteiger partial charge on any atom is 0.303 e. The highest BCUT2D eigenvalue weighted by Crippen LogP contribution is 2.26. The normalized spacial score (nSPS) is 15.9. The van der Waals surface area contributed by atoms with Crippen LogP contribution in [0.3, 0.4) is 0 Å². The summed E-state index contributed by atoms with van der Waals surface area (Å²) in [4.78, 5) is 73.3. The van der Waals surface area contributed by atoms with Gasteiger partial charge in [-0.15, -0.1) is 16.6 Å². The second-order valence-corrected chi connectivity index (χ2v) is 17.8. The Balaban J connectivity index is 0.0000101. The van der Waals surface area contributed by atoms with Crippen molar-refractivity contribution in [2.45, 2.75) is 76.5 Å². The number of nitrogens with two attached hydrogens (primary N) is 2. The van der Waals surface area contributed by atoms with E-state index in [0.717, 1.165) is 12.0 Å². The number of halogens is 1. The number of phenolic OH excluding ortho intramolecular Hbond substituents is 1. The number of piperazine rings is 2.